The summed E-state index contributed by atoms with van der Waals surface area (Å²) >= 11 is 0. The number of nitrogens with one attached hydrogen (secondary N) is 1. The van der Waals surface area contributed by atoms with Crippen LogP contribution in [0.4, 0.5) is 0 Å². The lowest BCUT2D eigenvalue weighted by atomic mass is 9.92. The molecule has 0 aliphatic rings. The lowest BCUT2D eigenvalue weighted by Crippen LogP contribution is -2.43. The van der Waals surface area contributed by atoms with Crippen LogP contribution < -0.4 is 16.8 Å². The number of rotatable bonds is 10. The van der Waals surface area contributed by atoms with Gasteiger partial charge in [0.2, 0.25) is 5.91 Å². The van der Waals surface area contributed by atoms with E-state index >= 15 is 0 Å². The highest BCUT2D eigenvalue weighted by molar-refractivity contribution is 5.78. The molecule has 1 amide bonds. The van der Waals surface area contributed by atoms with E-state index in [1.165, 1.54) is 11.1 Å². The number of aryl methyl sites for hydroxylation is 2. The number of benzene rings is 2. The van der Waals surface area contributed by atoms with E-state index in [1.54, 1.807) is 0 Å². The summed E-state index contributed by atoms with van der Waals surface area (Å²) in [6, 6.07) is 20.4. The Morgan fingerprint density at radius 2 is 1.36 bits per heavy atom. The van der Waals surface area contributed by atoms with Crippen molar-refractivity contribution in [2.75, 3.05) is 13.1 Å². The molecular formula is C21H29N3O. The Kier molecular flexibility index (Phi) is 8.16. The van der Waals surface area contributed by atoms with Crippen LogP contribution in [-0.4, -0.2) is 25.0 Å². The number of hydrogen-bond acceptors (Lipinski definition) is 3. The Balaban J connectivity index is 1.93. The molecule has 2 aromatic rings. The van der Waals surface area contributed by atoms with Gasteiger partial charge in [-0.25, -0.2) is 0 Å². The number of hydrogen-bond donors (Lipinski definition) is 3. The van der Waals surface area contributed by atoms with Gasteiger partial charge in [-0.1, -0.05) is 60.7 Å². The minimum atomic E-state index is -0.187. The Bertz CT molecular complexity index is 572. The molecule has 2 aromatic carbocycles. The average molecular weight is 339 g/mol. The van der Waals surface area contributed by atoms with Crippen LogP contribution in [0.5, 0.6) is 0 Å². The highest BCUT2D eigenvalue weighted by atomic mass is 16.1. The molecule has 0 aromatic heterocycles. The smallest absolute Gasteiger partial charge is 0.223 e. The second-order valence-corrected chi connectivity index (χ2v) is 6.49. The van der Waals surface area contributed by atoms with E-state index < -0.39 is 0 Å². The van der Waals surface area contributed by atoms with Crippen molar-refractivity contribution in [3.63, 3.8) is 0 Å². The fourth-order valence-electron chi connectivity index (χ4n) is 2.84. The van der Waals surface area contributed by atoms with Gasteiger partial charge in [0.05, 0.1) is 0 Å². The van der Waals surface area contributed by atoms with E-state index in [1.807, 2.05) is 36.4 Å². The van der Waals surface area contributed by atoms with Gasteiger partial charge in [-0.2, -0.15) is 0 Å². The van der Waals surface area contributed by atoms with E-state index in [-0.39, 0.29) is 17.9 Å². The summed E-state index contributed by atoms with van der Waals surface area (Å²) in [4.78, 5) is 12.6. The van der Waals surface area contributed by atoms with Gasteiger partial charge in [-0.3, -0.25) is 4.79 Å². The lowest BCUT2D eigenvalue weighted by molar-refractivity contribution is -0.125. The van der Waals surface area contributed by atoms with Gasteiger partial charge in [-0.15, -0.1) is 0 Å². The maximum absolute atomic E-state index is 12.6. The summed E-state index contributed by atoms with van der Waals surface area (Å²) in [6.45, 7) is 0.807. The minimum Gasteiger partial charge on any atom is -0.354 e. The first kappa shape index (κ1) is 19.2. The van der Waals surface area contributed by atoms with E-state index in [0.717, 1.165) is 25.7 Å². The molecule has 0 heterocycles. The number of carbonyl (C=O) groups is 1. The van der Waals surface area contributed by atoms with Gasteiger partial charge in [0.25, 0.3) is 0 Å². The third-order valence-electron chi connectivity index (χ3n) is 4.46. The normalized spacial score (nSPS) is 12.1. The summed E-state index contributed by atoms with van der Waals surface area (Å²) in [5.74, 6) is 0.0566. The van der Waals surface area contributed by atoms with Gasteiger partial charge in [0.1, 0.15) is 0 Å². The SMILES string of the molecule is NCC(N)CNC(=O)C(CCc1ccccc1)CCc1ccccc1. The van der Waals surface area contributed by atoms with Crippen molar-refractivity contribution in [2.24, 2.45) is 17.4 Å². The van der Waals surface area contributed by atoms with Gasteiger partial charge >= 0.3 is 0 Å². The maximum atomic E-state index is 12.6. The van der Waals surface area contributed by atoms with Crippen molar-refractivity contribution in [1.29, 1.82) is 0 Å². The molecule has 0 bridgehead atoms. The summed E-state index contributed by atoms with van der Waals surface area (Å²) in [7, 11) is 0. The predicted molar refractivity (Wildman–Crippen MR) is 103 cm³/mol. The number of nitrogens with two attached hydrogens (primary N) is 2. The van der Waals surface area contributed by atoms with E-state index in [4.69, 9.17) is 11.5 Å². The third kappa shape index (κ3) is 7.08. The molecule has 0 aliphatic carbocycles. The summed E-state index contributed by atoms with van der Waals surface area (Å²) in [5.41, 5.74) is 13.9. The molecule has 1 unspecified atom stereocenters. The largest absolute Gasteiger partial charge is 0.354 e. The molecular weight excluding hydrogens is 310 g/mol. The summed E-state index contributed by atoms with van der Waals surface area (Å²) < 4.78 is 0. The molecule has 0 radical (unpaired) electrons. The zero-order valence-electron chi connectivity index (χ0n) is 14.7. The molecule has 1 atom stereocenters. The standard InChI is InChI=1S/C21H29N3O/c22-15-20(23)16-24-21(25)19(13-11-17-7-3-1-4-8-17)14-12-18-9-5-2-6-10-18/h1-10,19-20H,11-16,22-23H2,(H,24,25). The Labute approximate surface area is 150 Å². The highest BCUT2D eigenvalue weighted by Gasteiger charge is 2.18. The topological polar surface area (TPSA) is 81.1 Å². The zero-order valence-corrected chi connectivity index (χ0v) is 14.7. The first-order valence-corrected chi connectivity index (χ1v) is 9.00. The first-order valence-electron chi connectivity index (χ1n) is 9.00. The van der Waals surface area contributed by atoms with Crippen LogP contribution in [0.1, 0.15) is 24.0 Å². The van der Waals surface area contributed by atoms with Crippen molar-refractivity contribution in [3.8, 4) is 0 Å². The molecule has 0 saturated heterocycles. The quantitative estimate of drug-likeness (QED) is 0.621. The molecule has 25 heavy (non-hydrogen) atoms. The van der Waals surface area contributed by atoms with Crippen LogP contribution >= 0.6 is 0 Å². The second-order valence-electron chi connectivity index (χ2n) is 6.49. The molecule has 0 fully saturated rings. The zero-order chi connectivity index (χ0) is 17.9. The van der Waals surface area contributed by atoms with Crippen molar-refractivity contribution in [2.45, 2.75) is 31.7 Å². The van der Waals surface area contributed by atoms with Crippen LogP contribution in [0.25, 0.3) is 0 Å². The van der Waals surface area contributed by atoms with Crippen molar-refractivity contribution in [3.05, 3.63) is 71.8 Å². The van der Waals surface area contributed by atoms with Gasteiger partial charge in [0.15, 0.2) is 0 Å². The Morgan fingerprint density at radius 1 is 0.880 bits per heavy atom. The molecule has 0 spiro atoms. The summed E-state index contributed by atoms with van der Waals surface area (Å²) in [5, 5.41) is 2.96. The first-order chi connectivity index (χ1) is 12.2. The molecule has 2 rings (SSSR count). The van der Waals surface area contributed by atoms with Crippen LogP contribution in [0.3, 0.4) is 0 Å². The van der Waals surface area contributed by atoms with Crippen molar-refractivity contribution < 1.29 is 4.79 Å². The second kappa shape index (κ2) is 10.6. The minimum absolute atomic E-state index is 0.0228. The van der Waals surface area contributed by atoms with Gasteiger partial charge in [0, 0.05) is 25.0 Å². The highest BCUT2D eigenvalue weighted by Crippen LogP contribution is 2.17. The molecule has 0 aliphatic heterocycles. The average Bonchev–Trinajstić information content (AvgIpc) is 2.67. The maximum Gasteiger partial charge on any atom is 0.223 e. The molecule has 4 nitrogen and oxygen atoms in total. The monoisotopic (exact) mass is 339 g/mol. The fourth-order valence-corrected chi connectivity index (χ4v) is 2.84. The van der Waals surface area contributed by atoms with E-state index in [9.17, 15) is 4.79 Å². The fraction of sp³-hybridized carbons (Fsp3) is 0.381. The number of amides is 1. The third-order valence-corrected chi connectivity index (χ3v) is 4.46. The number of carbonyl (C=O) groups excluding carboxylic acids is 1. The molecule has 4 heteroatoms. The van der Waals surface area contributed by atoms with E-state index in [0.29, 0.717) is 13.1 Å². The molecule has 5 N–H and O–H groups in total. The Morgan fingerprint density at radius 3 is 1.80 bits per heavy atom. The van der Waals surface area contributed by atoms with E-state index in [2.05, 4.69) is 29.6 Å². The lowest BCUT2D eigenvalue weighted by Gasteiger charge is -2.18. The van der Waals surface area contributed by atoms with Gasteiger partial charge < -0.3 is 16.8 Å². The molecule has 134 valence electrons. The predicted octanol–water partition coefficient (Wildman–Crippen LogP) is 2.27. The Hall–Kier alpha value is -2.17. The van der Waals surface area contributed by atoms with Crippen LogP contribution in [0.2, 0.25) is 0 Å². The van der Waals surface area contributed by atoms with Gasteiger partial charge in [-0.05, 0) is 36.8 Å². The van der Waals surface area contributed by atoms with Crippen molar-refractivity contribution in [1.82, 2.24) is 5.32 Å². The van der Waals surface area contributed by atoms with Crippen molar-refractivity contribution >= 4 is 5.91 Å². The van der Waals surface area contributed by atoms with Crippen LogP contribution in [0, 0.1) is 5.92 Å². The molecule has 0 saturated carbocycles. The van der Waals surface area contributed by atoms with Crippen LogP contribution in [0.15, 0.2) is 60.7 Å². The van der Waals surface area contributed by atoms with Crippen LogP contribution in [-0.2, 0) is 17.6 Å². The summed E-state index contributed by atoms with van der Waals surface area (Å²) in [6.07, 6.45) is 3.47.